The van der Waals surface area contributed by atoms with Gasteiger partial charge in [0.15, 0.2) is 0 Å². The van der Waals surface area contributed by atoms with Crippen LogP contribution in [0.3, 0.4) is 0 Å². The normalized spacial score (nSPS) is 13.4. The van der Waals surface area contributed by atoms with Crippen LogP contribution < -0.4 is 5.90 Å². The highest BCUT2D eigenvalue weighted by Crippen LogP contribution is 2.06. The van der Waals surface area contributed by atoms with E-state index in [2.05, 4.69) is 20.0 Å². The Hall–Kier alpha value is -0.940. The molecular formula is C5H10N4O. The predicted molar refractivity (Wildman–Crippen MR) is 34.9 cm³/mol. The number of aromatic nitrogens is 3. The number of nitrogens with two attached hydrogens (primary N) is 1. The third-order valence-electron chi connectivity index (χ3n) is 1.25. The molecule has 0 amide bonds. The van der Waals surface area contributed by atoms with Crippen molar-refractivity contribution in [3.8, 4) is 0 Å². The van der Waals surface area contributed by atoms with Crippen molar-refractivity contribution in [2.75, 3.05) is 6.61 Å². The van der Waals surface area contributed by atoms with E-state index in [1.165, 1.54) is 6.33 Å². The van der Waals surface area contributed by atoms with Gasteiger partial charge < -0.3 is 4.84 Å². The molecule has 1 aromatic heterocycles. The maximum atomic E-state index is 4.87. The average Bonchev–Trinajstić information content (AvgIpc) is 2.38. The van der Waals surface area contributed by atoms with Gasteiger partial charge in [-0.1, -0.05) is 6.92 Å². The molecule has 1 atom stereocenters. The second kappa shape index (κ2) is 3.28. The molecule has 0 aliphatic heterocycles. The Kier molecular flexibility index (Phi) is 2.35. The minimum absolute atomic E-state index is 0.174. The highest BCUT2D eigenvalue weighted by atomic mass is 16.6. The van der Waals surface area contributed by atoms with Crippen LogP contribution in [-0.2, 0) is 4.84 Å². The maximum Gasteiger partial charge on any atom is 0.137 e. The highest BCUT2D eigenvalue weighted by Gasteiger charge is 2.06. The molecule has 0 bridgehead atoms. The molecular weight excluding hydrogens is 132 g/mol. The van der Waals surface area contributed by atoms with E-state index in [4.69, 9.17) is 5.90 Å². The Morgan fingerprint density at radius 2 is 2.70 bits per heavy atom. The smallest absolute Gasteiger partial charge is 0.137 e. The van der Waals surface area contributed by atoms with Gasteiger partial charge in [-0.2, -0.15) is 5.10 Å². The van der Waals surface area contributed by atoms with Gasteiger partial charge >= 0.3 is 0 Å². The van der Waals surface area contributed by atoms with E-state index in [9.17, 15) is 0 Å². The third-order valence-corrected chi connectivity index (χ3v) is 1.25. The van der Waals surface area contributed by atoms with E-state index in [0.717, 1.165) is 5.82 Å². The highest BCUT2D eigenvalue weighted by molar-refractivity contribution is 4.89. The Labute approximate surface area is 58.6 Å². The van der Waals surface area contributed by atoms with Crippen LogP contribution in [0.15, 0.2) is 6.33 Å². The fourth-order valence-electron chi connectivity index (χ4n) is 0.676. The van der Waals surface area contributed by atoms with Crippen molar-refractivity contribution in [1.82, 2.24) is 15.2 Å². The molecule has 0 fully saturated rings. The third kappa shape index (κ3) is 1.52. The van der Waals surface area contributed by atoms with Gasteiger partial charge in [0.2, 0.25) is 0 Å². The van der Waals surface area contributed by atoms with E-state index < -0.39 is 0 Å². The van der Waals surface area contributed by atoms with Crippen molar-refractivity contribution in [1.29, 1.82) is 0 Å². The molecule has 0 aliphatic rings. The molecule has 3 N–H and O–H groups in total. The number of aromatic amines is 1. The first kappa shape index (κ1) is 7.17. The minimum Gasteiger partial charge on any atom is -0.304 e. The monoisotopic (exact) mass is 142 g/mol. The second-order valence-corrected chi connectivity index (χ2v) is 2.11. The summed E-state index contributed by atoms with van der Waals surface area (Å²) in [5, 5.41) is 6.42. The van der Waals surface area contributed by atoms with E-state index in [1.807, 2.05) is 6.92 Å². The molecule has 0 aromatic carbocycles. The van der Waals surface area contributed by atoms with Crippen LogP contribution in [0.4, 0.5) is 0 Å². The fraction of sp³-hybridized carbons (Fsp3) is 0.600. The molecule has 0 saturated heterocycles. The van der Waals surface area contributed by atoms with Gasteiger partial charge in [0, 0.05) is 5.92 Å². The van der Waals surface area contributed by atoms with Gasteiger partial charge in [-0.15, -0.1) is 0 Å². The standard InChI is InChI=1S/C5H10N4O/c1-4(2-10-6)5-7-3-8-9-5/h3-4H,2,6H2,1H3,(H,7,8,9). The molecule has 0 saturated carbocycles. The summed E-state index contributed by atoms with van der Waals surface area (Å²) in [4.78, 5) is 8.37. The van der Waals surface area contributed by atoms with Crippen LogP contribution >= 0.6 is 0 Å². The van der Waals surface area contributed by atoms with E-state index in [0.29, 0.717) is 6.61 Å². The van der Waals surface area contributed by atoms with Gasteiger partial charge in [-0.3, -0.25) is 5.10 Å². The first-order chi connectivity index (χ1) is 4.84. The first-order valence-electron chi connectivity index (χ1n) is 3.01. The van der Waals surface area contributed by atoms with Gasteiger partial charge in [-0.05, 0) is 0 Å². The Balaban J connectivity index is 2.50. The van der Waals surface area contributed by atoms with Gasteiger partial charge in [0.25, 0.3) is 0 Å². The molecule has 1 unspecified atom stereocenters. The lowest BCUT2D eigenvalue weighted by Gasteiger charge is -2.03. The van der Waals surface area contributed by atoms with Gasteiger partial charge in [0.1, 0.15) is 12.2 Å². The van der Waals surface area contributed by atoms with Gasteiger partial charge in [-0.25, -0.2) is 10.9 Å². The summed E-state index contributed by atoms with van der Waals surface area (Å²) in [5.41, 5.74) is 0. The molecule has 1 rings (SSSR count). The van der Waals surface area contributed by atoms with Crippen LogP contribution in [0.5, 0.6) is 0 Å². The van der Waals surface area contributed by atoms with Crippen molar-refractivity contribution >= 4 is 0 Å². The molecule has 10 heavy (non-hydrogen) atoms. The molecule has 56 valence electrons. The summed E-state index contributed by atoms with van der Waals surface area (Å²) in [7, 11) is 0. The van der Waals surface area contributed by atoms with Gasteiger partial charge in [0.05, 0.1) is 6.61 Å². The SMILES string of the molecule is CC(CON)c1ncn[nH]1. The number of hydrogen-bond acceptors (Lipinski definition) is 4. The average molecular weight is 142 g/mol. The minimum atomic E-state index is 0.174. The number of nitrogens with one attached hydrogen (secondary N) is 1. The molecule has 5 heteroatoms. The van der Waals surface area contributed by atoms with Crippen molar-refractivity contribution in [3.63, 3.8) is 0 Å². The number of H-pyrrole nitrogens is 1. The lowest BCUT2D eigenvalue weighted by Crippen LogP contribution is -2.09. The summed E-state index contributed by atoms with van der Waals surface area (Å²) in [6.45, 7) is 2.41. The Morgan fingerprint density at radius 3 is 3.20 bits per heavy atom. The van der Waals surface area contributed by atoms with E-state index in [1.54, 1.807) is 0 Å². The summed E-state index contributed by atoms with van der Waals surface area (Å²) in [6.07, 6.45) is 1.46. The summed E-state index contributed by atoms with van der Waals surface area (Å²) in [6, 6.07) is 0. The second-order valence-electron chi connectivity index (χ2n) is 2.11. The largest absolute Gasteiger partial charge is 0.304 e. The van der Waals surface area contributed by atoms with Crippen LogP contribution in [0.25, 0.3) is 0 Å². The van der Waals surface area contributed by atoms with E-state index in [-0.39, 0.29) is 5.92 Å². The maximum absolute atomic E-state index is 4.87. The number of nitrogens with zero attached hydrogens (tertiary/aromatic N) is 2. The molecule has 0 spiro atoms. The zero-order valence-corrected chi connectivity index (χ0v) is 5.74. The van der Waals surface area contributed by atoms with Crippen LogP contribution in [-0.4, -0.2) is 21.8 Å². The molecule has 1 heterocycles. The Morgan fingerprint density at radius 1 is 1.90 bits per heavy atom. The quantitative estimate of drug-likeness (QED) is 0.573. The Bertz CT molecular complexity index is 174. The summed E-state index contributed by atoms with van der Waals surface area (Å²) in [5.74, 6) is 5.84. The lowest BCUT2D eigenvalue weighted by atomic mass is 10.2. The molecule has 1 aromatic rings. The topological polar surface area (TPSA) is 76.8 Å². The fourth-order valence-corrected chi connectivity index (χ4v) is 0.676. The van der Waals surface area contributed by atoms with E-state index >= 15 is 0 Å². The zero-order chi connectivity index (χ0) is 7.40. The number of rotatable bonds is 3. The summed E-state index contributed by atoms with van der Waals surface area (Å²) >= 11 is 0. The summed E-state index contributed by atoms with van der Waals surface area (Å²) < 4.78 is 0. The van der Waals surface area contributed by atoms with Crippen molar-refractivity contribution in [2.45, 2.75) is 12.8 Å². The molecule has 0 radical (unpaired) electrons. The van der Waals surface area contributed by atoms with Crippen LogP contribution in [0, 0.1) is 0 Å². The first-order valence-corrected chi connectivity index (χ1v) is 3.01. The van der Waals surface area contributed by atoms with Crippen molar-refractivity contribution < 1.29 is 4.84 Å². The van der Waals surface area contributed by atoms with Crippen molar-refractivity contribution in [2.24, 2.45) is 5.90 Å². The van der Waals surface area contributed by atoms with Crippen LogP contribution in [0.1, 0.15) is 18.7 Å². The number of hydrogen-bond donors (Lipinski definition) is 2. The molecule has 5 nitrogen and oxygen atoms in total. The predicted octanol–water partition coefficient (Wildman–Crippen LogP) is -0.202. The molecule has 0 aliphatic carbocycles. The van der Waals surface area contributed by atoms with Crippen LogP contribution in [0.2, 0.25) is 0 Å². The lowest BCUT2D eigenvalue weighted by molar-refractivity contribution is 0.125. The zero-order valence-electron chi connectivity index (χ0n) is 5.74. The van der Waals surface area contributed by atoms with Crippen molar-refractivity contribution in [3.05, 3.63) is 12.2 Å².